The molecule has 1 aromatic heterocycles. The lowest BCUT2D eigenvalue weighted by Crippen LogP contribution is -2.49. The third kappa shape index (κ3) is 1.92. The summed E-state index contributed by atoms with van der Waals surface area (Å²) in [6.45, 7) is 4.84. The van der Waals surface area contributed by atoms with Gasteiger partial charge in [0.15, 0.2) is 0 Å². The van der Waals surface area contributed by atoms with E-state index in [-0.39, 0.29) is 0 Å². The quantitative estimate of drug-likeness (QED) is 0.745. The Bertz CT molecular complexity index is 381. The first-order chi connectivity index (χ1) is 7.77. The summed E-state index contributed by atoms with van der Waals surface area (Å²) in [6.07, 6.45) is 1.73. The van der Waals surface area contributed by atoms with Gasteiger partial charge in [-0.3, -0.25) is 9.88 Å². The van der Waals surface area contributed by atoms with Gasteiger partial charge < -0.3 is 4.74 Å². The van der Waals surface area contributed by atoms with Crippen LogP contribution < -0.4 is 0 Å². The highest BCUT2D eigenvalue weighted by Crippen LogP contribution is 2.26. The van der Waals surface area contributed by atoms with Gasteiger partial charge in [0, 0.05) is 19.3 Å². The summed E-state index contributed by atoms with van der Waals surface area (Å²) in [4.78, 5) is 6.42. The molecule has 1 saturated heterocycles. The highest BCUT2D eigenvalue weighted by atomic mass is 16.5. The Hall–Kier alpha value is -1.44. The average molecular weight is 217 g/mol. The molecule has 0 bridgehead atoms. The molecule has 1 aromatic rings. The zero-order valence-corrected chi connectivity index (χ0v) is 9.39. The molecule has 4 nitrogen and oxygen atoms in total. The van der Waals surface area contributed by atoms with E-state index in [0.717, 1.165) is 18.8 Å². The standard InChI is InChI=1S/C12H15N3O/c1-12(10-13,11-4-2-3-5-14-11)15-6-8-16-9-7-15/h2-5H,6-9H2,1H3. The van der Waals surface area contributed by atoms with Gasteiger partial charge in [-0.15, -0.1) is 0 Å². The minimum Gasteiger partial charge on any atom is -0.379 e. The Balaban J connectivity index is 2.29. The molecule has 1 atom stereocenters. The fourth-order valence-corrected chi connectivity index (χ4v) is 1.95. The van der Waals surface area contributed by atoms with E-state index in [0.29, 0.717) is 13.2 Å². The van der Waals surface area contributed by atoms with Crippen LogP contribution in [0.15, 0.2) is 24.4 Å². The van der Waals surface area contributed by atoms with Crippen molar-refractivity contribution in [3.8, 4) is 6.07 Å². The monoisotopic (exact) mass is 217 g/mol. The van der Waals surface area contributed by atoms with E-state index < -0.39 is 5.54 Å². The zero-order chi connectivity index (χ0) is 11.4. The number of nitriles is 1. The molecular weight excluding hydrogens is 202 g/mol. The van der Waals surface area contributed by atoms with Crippen molar-refractivity contribution in [2.24, 2.45) is 0 Å². The third-order valence-corrected chi connectivity index (χ3v) is 3.02. The van der Waals surface area contributed by atoms with Crippen LogP contribution in [0.1, 0.15) is 12.6 Å². The summed E-state index contributed by atoms with van der Waals surface area (Å²) in [5.74, 6) is 0. The predicted molar refractivity (Wildman–Crippen MR) is 59.6 cm³/mol. The molecule has 2 rings (SSSR count). The summed E-state index contributed by atoms with van der Waals surface area (Å²) in [5, 5.41) is 9.42. The predicted octanol–water partition coefficient (Wildman–Crippen LogP) is 1.15. The second-order valence-electron chi connectivity index (χ2n) is 4.00. The maximum atomic E-state index is 9.42. The molecule has 0 N–H and O–H groups in total. The van der Waals surface area contributed by atoms with E-state index in [1.807, 2.05) is 25.1 Å². The fourth-order valence-electron chi connectivity index (χ4n) is 1.95. The molecule has 1 aliphatic heterocycles. The van der Waals surface area contributed by atoms with Crippen molar-refractivity contribution < 1.29 is 4.74 Å². The molecule has 16 heavy (non-hydrogen) atoms. The number of morpholine rings is 1. The summed E-state index contributed by atoms with van der Waals surface area (Å²) in [7, 11) is 0. The number of aromatic nitrogens is 1. The van der Waals surface area contributed by atoms with E-state index in [1.54, 1.807) is 6.20 Å². The SMILES string of the molecule is CC(C#N)(c1ccccn1)N1CCOCC1. The van der Waals surface area contributed by atoms with E-state index in [4.69, 9.17) is 4.74 Å². The molecule has 1 unspecified atom stereocenters. The number of ether oxygens (including phenoxy) is 1. The van der Waals surface area contributed by atoms with Gasteiger partial charge in [0.1, 0.15) is 5.54 Å². The number of hydrogen-bond donors (Lipinski definition) is 0. The molecule has 0 saturated carbocycles. The largest absolute Gasteiger partial charge is 0.379 e. The molecule has 0 aromatic carbocycles. The minimum atomic E-state index is -0.648. The van der Waals surface area contributed by atoms with Crippen molar-refractivity contribution in [2.45, 2.75) is 12.5 Å². The number of hydrogen-bond acceptors (Lipinski definition) is 4. The number of nitrogens with zero attached hydrogens (tertiary/aromatic N) is 3. The molecule has 1 aliphatic rings. The first-order valence-electron chi connectivity index (χ1n) is 5.43. The van der Waals surface area contributed by atoms with Crippen LogP contribution in [-0.2, 0) is 10.3 Å². The zero-order valence-electron chi connectivity index (χ0n) is 9.39. The molecule has 84 valence electrons. The maximum Gasteiger partial charge on any atom is 0.149 e. The lowest BCUT2D eigenvalue weighted by Gasteiger charge is -2.37. The van der Waals surface area contributed by atoms with Crippen molar-refractivity contribution in [2.75, 3.05) is 26.3 Å². The Labute approximate surface area is 95.5 Å². The van der Waals surface area contributed by atoms with Crippen molar-refractivity contribution >= 4 is 0 Å². The molecular formula is C12H15N3O. The van der Waals surface area contributed by atoms with E-state index >= 15 is 0 Å². The topological polar surface area (TPSA) is 49.2 Å². The third-order valence-electron chi connectivity index (χ3n) is 3.02. The maximum absolute atomic E-state index is 9.42. The van der Waals surface area contributed by atoms with Crippen LogP contribution in [0, 0.1) is 11.3 Å². The summed E-state index contributed by atoms with van der Waals surface area (Å²) in [5.41, 5.74) is 0.157. The van der Waals surface area contributed by atoms with Gasteiger partial charge in [0.05, 0.1) is 25.0 Å². The van der Waals surface area contributed by atoms with Gasteiger partial charge in [-0.05, 0) is 19.1 Å². The molecule has 0 spiro atoms. The first-order valence-corrected chi connectivity index (χ1v) is 5.43. The number of pyridine rings is 1. The van der Waals surface area contributed by atoms with Crippen molar-refractivity contribution in [1.29, 1.82) is 5.26 Å². The van der Waals surface area contributed by atoms with Gasteiger partial charge in [-0.25, -0.2) is 0 Å². The highest BCUT2D eigenvalue weighted by Gasteiger charge is 2.35. The molecule has 2 heterocycles. The van der Waals surface area contributed by atoms with E-state index in [2.05, 4.69) is 16.0 Å². The lowest BCUT2D eigenvalue weighted by atomic mass is 9.96. The second-order valence-corrected chi connectivity index (χ2v) is 4.00. The first kappa shape index (κ1) is 11.1. The molecule has 1 fully saturated rings. The van der Waals surface area contributed by atoms with Crippen LogP contribution in [0.5, 0.6) is 0 Å². The fraction of sp³-hybridized carbons (Fsp3) is 0.500. The van der Waals surface area contributed by atoms with Gasteiger partial charge in [-0.1, -0.05) is 6.07 Å². The Kier molecular flexibility index (Phi) is 3.18. The normalized spacial score (nSPS) is 21.0. The minimum absolute atomic E-state index is 0.648. The van der Waals surface area contributed by atoms with Crippen LogP contribution in [-0.4, -0.2) is 36.2 Å². The molecule has 0 aliphatic carbocycles. The Morgan fingerprint density at radius 2 is 2.19 bits per heavy atom. The van der Waals surface area contributed by atoms with E-state index in [9.17, 15) is 5.26 Å². The van der Waals surface area contributed by atoms with Crippen molar-refractivity contribution in [3.63, 3.8) is 0 Å². The second kappa shape index (κ2) is 4.60. The summed E-state index contributed by atoms with van der Waals surface area (Å²) in [6, 6.07) is 8.05. The van der Waals surface area contributed by atoms with Gasteiger partial charge >= 0.3 is 0 Å². The van der Waals surface area contributed by atoms with Crippen LogP contribution in [0.2, 0.25) is 0 Å². The molecule has 4 heteroatoms. The van der Waals surface area contributed by atoms with Crippen molar-refractivity contribution in [1.82, 2.24) is 9.88 Å². The van der Waals surface area contributed by atoms with Crippen LogP contribution in [0.25, 0.3) is 0 Å². The van der Waals surface area contributed by atoms with Crippen LogP contribution in [0.3, 0.4) is 0 Å². The number of rotatable bonds is 2. The van der Waals surface area contributed by atoms with Crippen LogP contribution >= 0.6 is 0 Å². The smallest absolute Gasteiger partial charge is 0.149 e. The summed E-state index contributed by atoms with van der Waals surface area (Å²) < 4.78 is 5.30. The van der Waals surface area contributed by atoms with Gasteiger partial charge in [0.2, 0.25) is 0 Å². The summed E-state index contributed by atoms with van der Waals surface area (Å²) >= 11 is 0. The molecule has 0 amide bonds. The highest BCUT2D eigenvalue weighted by molar-refractivity contribution is 5.23. The van der Waals surface area contributed by atoms with Crippen molar-refractivity contribution in [3.05, 3.63) is 30.1 Å². The Morgan fingerprint density at radius 1 is 1.44 bits per heavy atom. The lowest BCUT2D eigenvalue weighted by molar-refractivity contribution is -0.000728. The van der Waals surface area contributed by atoms with E-state index in [1.165, 1.54) is 0 Å². The van der Waals surface area contributed by atoms with Gasteiger partial charge in [-0.2, -0.15) is 5.26 Å². The van der Waals surface area contributed by atoms with Gasteiger partial charge in [0.25, 0.3) is 0 Å². The average Bonchev–Trinajstić information content (AvgIpc) is 2.40. The Morgan fingerprint density at radius 3 is 2.75 bits per heavy atom. The molecule has 0 radical (unpaired) electrons. The van der Waals surface area contributed by atoms with Crippen LogP contribution in [0.4, 0.5) is 0 Å².